The van der Waals surface area contributed by atoms with E-state index in [0.29, 0.717) is 24.8 Å². The van der Waals surface area contributed by atoms with E-state index in [1.54, 1.807) is 27.7 Å². The molecule has 1 aliphatic rings. The first kappa shape index (κ1) is 23.5. The summed E-state index contributed by atoms with van der Waals surface area (Å²) in [7, 11) is -3.90. The van der Waals surface area contributed by atoms with Gasteiger partial charge in [-0.3, -0.25) is 18.9 Å². The van der Waals surface area contributed by atoms with Gasteiger partial charge in [-0.1, -0.05) is 0 Å². The third kappa shape index (κ3) is 5.66. The normalized spacial score (nSPS) is 20.6. The molecular weight excluding hydrogens is 403 g/mol. The van der Waals surface area contributed by atoms with Gasteiger partial charge in [-0.15, -0.1) is 0 Å². The Morgan fingerprint density at radius 2 is 1.86 bits per heavy atom. The van der Waals surface area contributed by atoms with Crippen molar-refractivity contribution in [3.63, 3.8) is 0 Å². The molecule has 0 aliphatic heterocycles. The van der Waals surface area contributed by atoms with E-state index in [2.05, 4.69) is 4.98 Å². The molecule has 164 valence electrons. The van der Waals surface area contributed by atoms with Gasteiger partial charge in [0.15, 0.2) is 0 Å². The smallest absolute Gasteiger partial charge is 0.370 e. The monoisotopic (exact) mass is 432 g/mol. The summed E-state index contributed by atoms with van der Waals surface area (Å²) < 4.78 is 36.1. The van der Waals surface area contributed by atoms with Crippen LogP contribution in [0.2, 0.25) is 0 Å². The number of hydrogen-bond donors (Lipinski definition) is 1. The highest BCUT2D eigenvalue weighted by Crippen LogP contribution is 2.55. The molecule has 1 aromatic rings. The Morgan fingerprint density at radius 1 is 1.21 bits per heavy atom. The van der Waals surface area contributed by atoms with Crippen molar-refractivity contribution >= 4 is 13.6 Å². The number of ether oxygens (including phenoxy) is 2. The van der Waals surface area contributed by atoms with Crippen molar-refractivity contribution in [2.45, 2.75) is 64.9 Å². The summed E-state index contributed by atoms with van der Waals surface area (Å²) in [5.74, 6) is -2.31. The van der Waals surface area contributed by atoms with Crippen LogP contribution in [0.25, 0.3) is 0 Å². The van der Waals surface area contributed by atoms with Crippen LogP contribution in [0, 0.1) is 6.92 Å². The minimum atomic E-state index is -3.90. The predicted molar refractivity (Wildman–Crippen MR) is 105 cm³/mol. The third-order valence-electron chi connectivity index (χ3n) is 4.61. The molecular formula is C18H29N2O8P. The predicted octanol–water partition coefficient (Wildman–Crippen LogP) is 2.11. The highest BCUT2D eigenvalue weighted by molar-refractivity contribution is 7.55. The van der Waals surface area contributed by atoms with Crippen LogP contribution in [0.4, 0.5) is 0 Å². The Labute approximate surface area is 169 Å². The Balaban J connectivity index is 2.21. The van der Waals surface area contributed by atoms with E-state index in [1.165, 1.54) is 10.8 Å². The number of hydrogen-bond acceptors (Lipinski definition) is 8. The third-order valence-corrected chi connectivity index (χ3v) is 6.75. The fourth-order valence-corrected chi connectivity index (χ4v) is 5.06. The van der Waals surface area contributed by atoms with E-state index in [-0.39, 0.29) is 25.9 Å². The lowest BCUT2D eigenvalue weighted by Gasteiger charge is -2.27. The van der Waals surface area contributed by atoms with Gasteiger partial charge >= 0.3 is 19.3 Å². The van der Waals surface area contributed by atoms with Gasteiger partial charge < -0.3 is 18.5 Å². The highest BCUT2D eigenvalue weighted by Gasteiger charge is 2.46. The second-order valence-electron chi connectivity index (χ2n) is 6.68. The van der Waals surface area contributed by atoms with Crippen LogP contribution in [0.5, 0.6) is 0 Å². The van der Waals surface area contributed by atoms with E-state index >= 15 is 0 Å². The molecule has 1 unspecified atom stereocenters. The summed E-state index contributed by atoms with van der Waals surface area (Å²) in [5, 5.41) is 0. The fourth-order valence-electron chi connectivity index (χ4n) is 3.34. The first-order chi connectivity index (χ1) is 13.8. The van der Waals surface area contributed by atoms with Gasteiger partial charge in [0, 0.05) is 17.8 Å². The Morgan fingerprint density at radius 3 is 2.45 bits per heavy atom. The number of nitrogens with one attached hydrogen (secondary N) is 1. The molecule has 1 N–H and O–H groups in total. The number of aromatic amines is 1. The summed E-state index contributed by atoms with van der Waals surface area (Å²) in [4.78, 5) is 38.4. The van der Waals surface area contributed by atoms with Gasteiger partial charge in [0.1, 0.15) is 0 Å². The van der Waals surface area contributed by atoms with Crippen LogP contribution < -0.4 is 11.2 Å². The van der Waals surface area contributed by atoms with Crippen molar-refractivity contribution in [2.75, 3.05) is 19.8 Å². The number of rotatable bonds is 10. The molecule has 11 heteroatoms. The quantitative estimate of drug-likeness (QED) is 0.440. The summed E-state index contributed by atoms with van der Waals surface area (Å²) >= 11 is 0. The second-order valence-corrected chi connectivity index (χ2v) is 8.75. The maximum atomic E-state index is 13.1. The van der Waals surface area contributed by atoms with Crippen molar-refractivity contribution in [2.24, 2.45) is 0 Å². The lowest BCUT2D eigenvalue weighted by molar-refractivity contribution is -0.155. The molecule has 10 nitrogen and oxygen atoms in total. The van der Waals surface area contributed by atoms with Crippen molar-refractivity contribution in [1.82, 2.24) is 9.55 Å². The van der Waals surface area contributed by atoms with Gasteiger partial charge in [0.25, 0.3) is 11.4 Å². The number of carbonyl (C=O) groups excluding carboxylic acids is 1. The van der Waals surface area contributed by atoms with Crippen LogP contribution >= 0.6 is 7.60 Å². The Kier molecular flexibility index (Phi) is 8.39. The van der Waals surface area contributed by atoms with E-state index < -0.39 is 36.8 Å². The Hall–Kier alpha value is -1.74. The molecule has 1 aliphatic carbocycles. The largest absolute Gasteiger partial charge is 0.464 e. The molecule has 1 aromatic heterocycles. The molecule has 0 radical (unpaired) electrons. The average molecular weight is 432 g/mol. The molecule has 0 saturated heterocycles. The maximum Gasteiger partial charge on any atom is 0.370 e. The zero-order valence-electron chi connectivity index (χ0n) is 17.2. The Bertz CT molecular complexity index is 854. The maximum absolute atomic E-state index is 13.1. The standard InChI is InChI=1S/C18H29N2O8P/c1-5-25-16(22)17(29(24,26-6-2)27-7-3)28-14-9-8-13(10-14)20-11-12(4)15(21)19-18(20)23/h11,13-14,17H,5-10H2,1-4H3,(H,19,21,23)/t13-,14+,17?/m0/s1. The molecule has 2 rings (SSSR count). The fraction of sp³-hybridized carbons (Fsp3) is 0.722. The molecule has 0 bridgehead atoms. The lowest BCUT2D eigenvalue weighted by atomic mass is 10.2. The second kappa shape index (κ2) is 10.3. The molecule has 1 saturated carbocycles. The van der Waals surface area contributed by atoms with E-state index in [1.807, 2.05) is 0 Å². The first-order valence-electron chi connectivity index (χ1n) is 9.78. The van der Waals surface area contributed by atoms with Gasteiger partial charge in [0.2, 0.25) is 0 Å². The summed E-state index contributed by atoms with van der Waals surface area (Å²) in [6.07, 6.45) is 2.59. The van der Waals surface area contributed by atoms with E-state index in [0.717, 1.165) is 0 Å². The number of aromatic nitrogens is 2. The van der Waals surface area contributed by atoms with Gasteiger partial charge in [-0.05, 0) is 47.0 Å². The molecule has 0 spiro atoms. The van der Waals surface area contributed by atoms with E-state index in [4.69, 9.17) is 18.5 Å². The molecule has 29 heavy (non-hydrogen) atoms. The summed E-state index contributed by atoms with van der Waals surface area (Å²) in [6, 6.07) is -0.218. The molecule has 3 atom stereocenters. The van der Waals surface area contributed by atoms with E-state index in [9.17, 15) is 18.9 Å². The van der Waals surface area contributed by atoms with Crippen LogP contribution in [-0.4, -0.2) is 47.3 Å². The zero-order chi connectivity index (χ0) is 21.6. The first-order valence-corrected chi connectivity index (χ1v) is 11.4. The minimum Gasteiger partial charge on any atom is -0.464 e. The van der Waals surface area contributed by atoms with Crippen molar-refractivity contribution in [3.05, 3.63) is 32.6 Å². The van der Waals surface area contributed by atoms with Crippen LogP contribution in [0.15, 0.2) is 15.8 Å². The highest BCUT2D eigenvalue weighted by atomic mass is 31.2. The number of H-pyrrole nitrogens is 1. The van der Waals surface area contributed by atoms with Gasteiger partial charge in [-0.2, -0.15) is 0 Å². The van der Waals surface area contributed by atoms with Gasteiger partial charge in [0.05, 0.1) is 25.9 Å². The minimum absolute atomic E-state index is 0.0792. The van der Waals surface area contributed by atoms with Crippen molar-refractivity contribution in [1.29, 1.82) is 0 Å². The van der Waals surface area contributed by atoms with Gasteiger partial charge in [-0.25, -0.2) is 9.59 Å². The number of nitrogens with zero attached hydrogens (tertiary/aromatic N) is 1. The van der Waals surface area contributed by atoms with Crippen molar-refractivity contribution < 1.29 is 27.9 Å². The van der Waals surface area contributed by atoms with Crippen LogP contribution in [0.1, 0.15) is 51.6 Å². The van der Waals surface area contributed by atoms with Crippen LogP contribution in [0.3, 0.4) is 0 Å². The SMILES string of the molecule is CCOC(=O)C(O[C@@H]1CC[C@H](n2cc(C)c(=O)[nH]c2=O)C1)P(=O)(OCC)OCC. The topological polar surface area (TPSA) is 126 Å². The summed E-state index contributed by atoms with van der Waals surface area (Å²) in [5.41, 5.74) is -0.494. The molecule has 1 heterocycles. The number of aryl methyl sites for hydroxylation is 1. The van der Waals surface area contributed by atoms with Crippen LogP contribution in [-0.2, 0) is 27.9 Å². The number of carbonyl (C=O) groups is 1. The van der Waals surface area contributed by atoms with Crippen molar-refractivity contribution in [3.8, 4) is 0 Å². The number of esters is 1. The molecule has 1 fully saturated rings. The zero-order valence-corrected chi connectivity index (χ0v) is 18.1. The summed E-state index contributed by atoms with van der Waals surface area (Å²) in [6.45, 7) is 6.80. The lowest BCUT2D eigenvalue weighted by Crippen LogP contribution is -2.34. The molecule has 0 amide bonds. The molecule has 0 aromatic carbocycles. The average Bonchev–Trinajstić information content (AvgIpc) is 3.11.